The fraction of sp³-hybridized carbons (Fsp3) is 0.923. The third-order valence-electron chi connectivity index (χ3n) is 3.35. The van der Waals surface area contributed by atoms with Gasteiger partial charge in [-0.05, 0) is 18.3 Å². The number of carboxylic acid groups (broad SMARTS) is 1. The van der Waals surface area contributed by atoms with Crippen LogP contribution in [-0.4, -0.2) is 11.1 Å². The maximum Gasteiger partial charge on any atom is 0.303 e. The van der Waals surface area contributed by atoms with E-state index in [1.54, 1.807) is 0 Å². The number of rotatable bonds is 9. The first-order valence-electron chi connectivity index (χ1n) is 6.31. The lowest BCUT2D eigenvalue weighted by molar-refractivity contribution is -0.137. The SMILES string of the molecule is CCC(C)CCCC(CC)CCC(=O)O. The Kier molecular flexibility index (Phi) is 8.44. The molecule has 0 aromatic heterocycles. The normalized spacial score (nSPS) is 14.9. The van der Waals surface area contributed by atoms with E-state index in [9.17, 15) is 4.79 Å². The van der Waals surface area contributed by atoms with Gasteiger partial charge in [0.15, 0.2) is 0 Å². The van der Waals surface area contributed by atoms with Crippen LogP contribution in [0.25, 0.3) is 0 Å². The third kappa shape index (κ3) is 8.46. The number of hydrogen-bond acceptors (Lipinski definition) is 1. The van der Waals surface area contributed by atoms with Crippen LogP contribution in [0.3, 0.4) is 0 Å². The van der Waals surface area contributed by atoms with Gasteiger partial charge in [0.25, 0.3) is 0 Å². The molecule has 2 atom stereocenters. The summed E-state index contributed by atoms with van der Waals surface area (Å²) in [5, 5.41) is 8.61. The van der Waals surface area contributed by atoms with Crippen LogP contribution in [0.4, 0.5) is 0 Å². The molecule has 0 heterocycles. The molecule has 0 saturated carbocycles. The predicted octanol–water partition coefficient (Wildman–Crippen LogP) is 4.09. The number of carboxylic acids is 1. The molecule has 2 unspecified atom stereocenters. The van der Waals surface area contributed by atoms with Crippen LogP contribution >= 0.6 is 0 Å². The Hall–Kier alpha value is -0.530. The fourth-order valence-corrected chi connectivity index (χ4v) is 1.84. The molecule has 0 aliphatic carbocycles. The summed E-state index contributed by atoms with van der Waals surface area (Å²) in [5.74, 6) is 0.780. The Labute approximate surface area is 94.1 Å². The zero-order valence-corrected chi connectivity index (χ0v) is 10.5. The largest absolute Gasteiger partial charge is 0.481 e. The molecule has 0 spiro atoms. The summed E-state index contributed by atoms with van der Waals surface area (Å²) in [6.45, 7) is 6.68. The van der Waals surface area contributed by atoms with Gasteiger partial charge >= 0.3 is 5.97 Å². The molecule has 2 heteroatoms. The van der Waals surface area contributed by atoms with Crippen LogP contribution in [0.5, 0.6) is 0 Å². The molecule has 0 rings (SSSR count). The van der Waals surface area contributed by atoms with Gasteiger partial charge < -0.3 is 5.11 Å². The second-order valence-electron chi connectivity index (χ2n) is 4.65. The number of aliphatic carboxylic acids is 1. The molecule has 0 aliphatic heterocycles. The van der Waals surface area contributed by atoms with Crippen LogP contribution < -0.4 is 0 Å². The van der Waals surface area contributed by atoms with E-state index in [-0.39, 0.29) is 0 Å². The average molecular weight is 214 g/mol. The van der Waals surface area contributed by atoms with E-state index in [4.69, 9.17) is 5.11 Å². The quantitative estimate of drug-likeness (QED) is 0.627. The van der Waals surface area contributed by atoms with Crippen molar-refractivity contribution in [3.05, 3.63) is 0 Å². The lowest BCUT2D eigenvalue weighted by Gasteiger charge is -2.14. The lowest BCUT2D eigenvalue weighted by atomic mass is 9.91. The summed E-state index contributed by atoms with van der Waals surface area (Å²) < 4.78 is 0. The Morgan fingerprint density at radius 1 is 1.13 bits per heavy atom. The first-order valence-corrected chi connectivity index (χ1v) is 6.31. The average Bonchev–Trinajstić information content (AvgIpc) is 2.22. The monoisotopic (exact) mass is 214 g/mol. The van der Waals surface area contributed by atoms with Crippen molar-refractivity contribution in [1.82, 2.24) is 0 Å². The van der Waals surface area contributed by atoms with Crippen molar-refractivity contribution in [3.8, 4) is 0 Å². The molecule has 1 N–H and O–H groups in total. The smallest absolute Gasteiger partial charge is 0.303 e. The zero-order valence-electron chi connectivity index (χ0n) is 10.5. The Morgan fingerprint density at radius 2 is 1.80 bits per heavy atom. The summed E-state index contributed by atoms with van der Waals surface area (Å²) in [4.78, 5) is 10.4. The Balaban J connectivity index is 3.56. The first-order chi connectivity index (χ1) is 7.10. The predicted molar refractivity (Wildman–Crippen MR) is 64.0 cm³/mol. The highest BCUT2D eigenvalue weighted by Crippen LogP contribution is 2.21. The van der Waals surface area contributed by atoms with Crippen molar-refractivity contribution in [2.45, 2.75) is 65.7 Å². The van der Waals surface area contributed by atoms with Crippen LogP contribution in [0.1, 0.15) is 65.7 Å². The van der Waals surface area contributed by atoms with Gasteiger partial charge in [-0.1, -0.05) is 52.9 Å². The van der Waals surface area contributed by atoms with Crippen molar-refractivity contribution in [2.75, 3.05) is 0 Å². The standard InChI is InChI=1S/C13H26O2/c1-4-11(3)7-6-8-12(5-2)9-10-13(14)15/h11-12H,4-10H2,1-3H3,(H,14,15). The van der Waals surface area contributed by atoms with Gasteiger partial charge in [0.2, 0.25) is 0 Å². The van der Waals surface area contributed by atoms with Crippen LogP contribution in [0.2, 0.25) is 0 Å². The highest BCUT2D eigenvalue weighted by Gasteiger charge is 2.09. The number of hydrogen-bond donors (Lipinski definition) is 1. The summed E-state index contributed by atoms with van der Waals surface area (Å²) in [5.41, 5.74) is 0. The molecule has 2 nitrogen and oxygen atoms in total. The van der Waals surface area contributed by atoms with Gasteiger partial charge in [0.1, 0.15) is 0 Å². The fourth-order valence-electron chi connectivity index (χ4n) is 1.84. The van der Waals surface area contributed by atoms with E-state index in [2.05, 4.69) is 20.8 Å². The molecule has 90 valence electrons. The van der Waals surface area contributed by atoms with E-state index in [1.807, 2.05) is 0 Å². The molecular weight excluding hydrogens is 188 g/mol. The van der Waals surface area contributed by atoms with E-state index in [0.29, 0.717) is 12.3 Å². The molecule has 0 amide bonds. The summed E-state index contributed by atoms with van der Waals surface area (Å²) in [6.07, 6.45) is 7.31. The van der Waals surface area contributed by atoms with Gasteiger partial charge in [-0.25, -0.2) is 0 Å². The van der Waals surface area contributed by atoms with Gasteiger partial charge in [0.05, 0.1) is 0 Å². The molecule has 0 aliphatic rings. The van der Waals surface area contributed by atoms with Crippen molar-refractivity contribution in [3.63, 3.8) is 0 Å². The highest BCUT2D eigenvalue weighted by atomic mass is 16.4. The van der Waals surface area contributed by atoms with Gasteiger partial charge in [0, 0.05) is 6.42 Å². The molecule has 0 saturated heterocycles. The molecule has 0 radical (unpaired) electrons. The van der Waals surface area contributed by atoms with Crippen LogP contribution in [0.15, 0.2) is 0 Å². The van der Waals surface area contributed by atoms with Crippen LogP contribution in [-0.2, 0) is 4.79 Å². The van der Waals surface area contributed by atoms with Crippen molar-refractivity contribution in [1.29, 1.82) is 0 Å². The second kappa shape index (κ2) is 8.75. The van der Waals surface area contributed by atoms with Crippen molar-refractivity contribution in [2.24, 2.45) is 11.8 Å². The summed E-state index contributed by atoms with van der Waals surface area (Å²) in [7, 11) is 0. The molecule has 15 heavy (non-hydrogen) atoms. The van der Waals surface area contributed by atoms with E-state index in [1.165, 1.54) is 25.7 Å². The molecule has 0 fully saturated rings. The highest BCUT2D eigenvalue weighted by molar-refractivity contribution is 5.66. The van der Waals surface area contributed by atoms with Gasteiger partial charge in [-0.3, -0.25) is 4.79 Å². The Bertz CT molecular complexity index is 166. The molecule has 0 bridgehead atoms. The number of carbonyl (C=O) groups is 1. The van der Waals surface area contributed by atoms with Crippen molar-refractivity contribution >= 4 is 5.97 Å². The summed E-state index contributed by atoms with van der Waals surface area (Å²) in [6, 6.07) is 0. The molecular formula is C13H26O2. The minimum atomic E-state index is -0.657. The second-order valence-corrected chi connectivity index (χ2v) is 4.65. The first kappa shape index (κ1) is 14.5. The third-order valence-corrected chi connectivity index (χ3v) is 3.35. The van der Waals surface area contributed by atoms with Gasteiger partial charge in [-0.15, -0.1) is 0 Å². The van der Waals surface area contributed by atoms with E-state index in [0.717, 1.165) is 18.8 Å². The Morgan fingerprint density at radius 3 is 2.27 bits per heavy atom. The topological polar surface area (TPSA) is 37.3 Å². The minimum absolute atomic E-state index is 0.335. The van der Waals surface area contributed by atoms with Crippen molar-refractivity contribution < 1.29 is 9.90 Å². The minimum Gasteiger partial charge on any atom is -0.481 e. The van der Waals surface area contributed by atoms with Gasteiger partial charge in [-0.2, -0.15) is 0 Å². The maximum atomic E-state index is 10.4. The van der Waals surface area contributed by atoms with E-state index < -0.39 is 5.97 Å². The lowest BCUT2D eigenvalue weighted by Crippen LogP contribution is -2.04. The molecule has 0 aromatic rings. The maximum absolute atomic E-state index is 10.4. The molecule has 0 aromatic carbocycles. The van der Waals surface area contributed by atoms with E-state index >= 15 is 0 Å². The zero-order chi connectivity index (χ0) is 11.7. The van der Waals surface area contributed by atoms with Crippen LogP contribution in [0, 0.1) is 11.8 Å². The summed E-state index contributed by atoms with van der Waals surface area (Å²) >= 11 is 0.